The van der Waals surface area contributed by atoms with Crippen molar-refractivity contribution >= 4 is 17.7 Å². The van der Waals surface area contributed by atoms with Gasteiger partial charge in [0.05, 0.1) is 6.61 Å². The van der Waals surface area contributed by atoms with Crippen LogP contribution in [0.4, 0.5) is 0 Å². The van der Waals surface area contributed by atoms with E-state index in [1.54, 1.807) is 4.90 Å². The standard InChI is InChI=1S/C22H28N4O4/c23-16-9-22(7-2-8-30-13-22)25(12-16)10-14-3-1-4-15-11-26(21(29)19(14)15)17-5-6-18(27)24-20(17)28/h1,3-4,16-17H,2,5-13,23H2,(H,24,27,28). The number of benzene rings is 1. The van der Waals surface area contributed by atoms with Gasteiger partial charge in [-0.05, 0) is 36.8 Å². The first kappa shape index (κ1) is 19.7. The number of rotatable bonds is 3. The quantitative estimate of drug-likeness (QED) is 0.702. The lowest BCUT2D eigenvalue weighted by Gasteiger charge is -2.41. The maximum atomic E-state index is 13.3. The summed E-state index contributed by atoms with van der Waals surface area (Å²) in [5.74, 6) is -0.767. The normalized spacial score (nSPS) is 32.0. The number of carbonyl (C=O) groups excluding carboxylic acids is 3. The molecule has 3 amide bonds. The molecule has 0 saturated carbocycles. The Morgan fingerprint density at radius 3 is 2.90 bits per heavy atom. The van der Waals surface area contributed by atoms with Gasteiger partial charge >= 0.3 is 0 Å². The second kappa shape index (κ2) is 7.44. The van der Waals surface area contributed by atoms with E-state index in [0.29, 0.717) is 31.7 Å². The predicted molar refractivity (Wildman–Crippen MR) is 108 cm³/mol. The number of hydrogen-bond acceptors (Lipinski definition) is 6. The topological polar surface area (TPSA) is 105 Å². The molecule has 3 atom stereocenters. The number of carbonyl (C=O) groups is 3. The number of nitrogens with zero attached hydrogens (tertiary/aromatic N) is 2. The van der Waals surface area contributed by atoms with Crippen molar-refractivity contribution in [2.24, 2.45) is 5.73 Å². The predicted octanol–water partition coefficient (Wildman–Crippen LogP) is 0.530. The zero-order valence-electron chi connectivity index (χ0n) is 17.1. The summed E-state index contributed by atoms with van der Waals surface area (Å²) in [5.41, 5.74) is 8.90. The van der Waals surface area contributed by atoms with Crippen LogP contribution in [0, 0.1) is 0 Å². The van der Waals surface area contributed by atoms with Crippen molar-refractivity contribution in [2.45, 2.75) is 62.8 Å². The van der Waals surface area contributed by atoms with Crippen LogP contribution in [0.1, 0.15) is 53.6 Å². The van der Waals surface area contributed by atoms with Crippen LogP contribution in [0.5, 0.6) is 0 Å². The van der Waals surface area contributed by atoms with Crippen LogP contribution in [-0.4, -0.2) is 64.9 Å². The highest BCUT2D eigenvalue weighted by Crippen LogP contribution is 2.38. The summed E-state index contributed by atoms with van der Waals surface area (Å²) in [7, 11) is 0. The number of likely N-dealkylation sites (tertiary alicyclic amines) is 1. The van der Waals surface area contributed by atoms with Gasteiger partial charge in [-0.15, -0.1) is 0 Å². The highest BCUT2D eigenvalue weighted by Gasteiger charge is 2.46. The lowest BCUT2D eigenvalue weighted by Crippen LogP contribution is -2.52. The molecule has 30 heavy (non-hydrogen) atoms. The van der Waals surface area contributed by atoms with E-state index < -0.39 is 6.04 Å². The Bertz CT molecular complexity index is 895. The number of nitrogens with one attached hydrogen (secondary N) is 1. The first-order chi connectivity index (χ1) is 14.5. The molecule has 4 aliphatic rings. The van der Waals surface area contributed by atoms with E-state index in [2.05, 4.69) is 10.2 Å². The molecule has 4 heterocycles. The molecular weight excluding hydrogens is 384 g/mol. The minimum Gasteiger partial charge on any atom is -0.380 e. The van der Waals surface area contributed by atoms with Crippen molar-refractivity contribution in [2.75, 3.05) is 19.8 Å². The second-order valence-electron chi connectivity index (χ2n) is 9.08. The van der Waals surface area contributed by atoms with Gasteiger partial charge in [0.15, 0.2) is 0 Å². The van der Waals surface area contributed by atoms with Gasteiger partial charge in [0.1, 0.15) is 6.04 Å². The first-order valence-corrected chi connectivity index (χ1v) is 10.8. The van der Waals surface area contributed by atoms with E-state index >= 15 is 0 Å². The van der Waals surface area contributed by atoms with Gasteiger partial charge in [0.2, 0.25) is 11.8 Å². The Labute approximate surface area is 175 Å². The van der Waals surface area contributed by atoms with Crippen molar-refractivity contribution in [1.29, 1.82) is 0 Å². The molecular formula is C22H28N4O4. The molecule has 1 spiro atoms. The van der Waals surface area contributed by atoms with Crippen LogP contribution in [0.3, 0.4) is 0 Å². The number of piperidine rings is 1. The van der Waals surface area contributed by atoms with Crippen LogP contribution in [0.15, 0.2) is 18.2 Å². The van der Waals surface area contributed by atoms with E-state index in [9.17, 15) is 14.4 Å². The molecule has 3 unspecified atom stereocenters. The van der Waals surface area contributed by atoms with Gasteiger partial charge in [-0.2, -0.15) is 0 Å². The van der Waals surface area contributed by atoms with Crippen molar-refractivity contribution < 1.29 is 19.1 Å². The molecule has 0 aliphatic carbocycles. The van der Waals surface area contributed by atoms with E-state index in [1.165, 1.54) is 0 Å². The van der Waals surface area contributed by atoms with Gasteiger partial charge < -0.3 is 15.4 Å². The number of nitrogens with two attached hydrogens (primary N) is 1. The molecule has 4 aliphatic heterocycles. The van der Waals surface area contributed by atoms with Gasteiger partial charge in [-0.3, -0.25) is 24.6 Å². The smallest absolute Gasteiger partial charge is 0.255 e. The van der Waals surface area contributed by atoms with Gasteiger partial charge in [-0.1, -0.05) is 18.2 Å². The number of hydrogen-bond donors (Lipinski definition) is 2. The number of fused-ring (bicyclic) bond motifs is 1. The third-order valence-electron chi connectivity index (χ3n) is 7.07. The van der Waals surface area contributed by atoms with E-state index in [1.807, 2.05) is 18.2 Å². The maximum Gasteiger partial charge on any atom is 0.255 e. The first-order valence-electron chi connectivity index (χ1n) is 10.8. The Morgan fingerprint density at radius 1 is 1.27 bits per heavy atom. The van der Waals surface area contributed by atoms with Crippen molar-refractivity contribution in [1.82, 2.24) is 15.1 Å². The fraction of sp³-hybridized carbons (Fsp3) is 0.591. The molecule has 3 fully saturated rings. The molecule has 5 rings (SSSR count). The molecule has 160 valence electrons. The minimum atomic E-state index is -0.589. The molecule has 0 bridgehead atoms. The summed E-state index contributed by atoms with van der Waals surface area (Å²) in [5, 5.41) is 2.36. The van der Waals surface area contributed by atoms with Crippen LogP contribution >= 0.6 is 0 Å². The Hall–Kier alpha value is -2.29. The maximum absolute atomic E-state index is 13.3. The SMILES string of the molecule is NC1CN(Cc2cccc3c2C(=O)N(C2CCC(=O)NC2=O)C3)C2(CCCOC2)C1. The summed E-state index contributed by atoms with van der Waals surface area (Å²) in [6, 6.07) is 5.46. The van der Waals surface area contributed by atoms with Gasteiger partial charge in [0.25, 0.3) is 5.91 Å². The van der Waals surface area contributed by atoms with E-state index in [-0.39, 0.29) is 35.7 Å². The van der Waals surface area contributed by atoms with Crippen molar-refractivity contribution in [3.63, 3.8) is 0 Å². The fourth-order valence-electron chi connectivity index (χ4n) is 5.67. The van der Waals surface area contributed by atoms with Crippen LogP contribution in [-0.2, 0) is 27.4 Å². The number of ether oxygens (including phenoxy) is 1. The zero-order chi connectivity index (χ0) is 20.9. The highest BCUT2D eigenvalue weighted by molar-refractivity contribution is 6.06. The molecule has 8 nitrogen and oxygen atoms in total. The fourth-order valence-corrected chi connectivity index (χ4v) is 5.67. The number of amides is 3. The molecule has 1 aromatic rings. The summed E-state index contributed by atoms with van der Waals surface area (Å²) in [6.07, 6.45) is 3.64. The largest absolute Gasteiger partial charge is 0.380 e. The molecule has 3 N–H and O–H groups in total. The second-order valence-corrected chi connectivity index (χ2v) is 9.08. The zero-order valence-corrected chi connectivity index (χ0v) is 17.1. The molecule has 8 heteroatoms. The van der Waals surface area contributed by atoms with Crippen LogP contribution in [0.25, 0.3) is 0 Å². The molecule has 0 radical (unpaired) electrons. The van der Waals surface area contributed by atoms with E-state index in [4.69, 9.17) is 10.5 Å². The Kier molecular flexibility index (Phi) is 4.88. The molecule has 0 aromatic heterocycles. The minimum absolute atomic E-state index is 0.0503. The van der Waals surface area contributed by atoms with Crippen molar-refractivity contribution in [3.8, 4) is 0 Å². The van der Waals surface area contributed by atoms with E-state index in [0.717, 1.165) is 43.5 Å². The average molecular weight is 412 g/mol. The lowest BCUT2D eigenvalue weighted by molar-refractivity contribution is -0.136. The summed E-state index contributed by atoms with van der Waals surface area (Å²) in [4.78, 5) is 41.2. The third-order valence-corrected chi connectivity index (χ3v) is 7.07. The third kappa shape index (κ3) is 3.23. The van der Waals surface area contributed by atoms with Crippen LogP contribution in [0.2, 0.25) is 0 Å². The molecule has 3 saturated heterocycles. The summed E-state index contributed by atoms with van der Waals surface area (Å²) in [6.45, 7) is 3.33. The van der Waals surface area contributed by atoms with Crippen molar-refractivity contribution in [3.05, 3.63) is 34.9 Å². The summed E-state index contributed by atoms with van der Waals surface area (Å²) < 4.78 is 5.81. The monoisotopic (exact) mass is 412 g/mol. The van der Waals surface area contributed by atoms with Gasteiger partial charge in [-0.25, -0.2) is 0 Å². The average Bonchev–Trinajstić information content (AvgIpc) is 3.20. The summed E-state index contributed by atoms with van der Waals surface area (Å²) >= 11 is 0. The highest BCUT2D eigenvalue weighted by atomic mass is 16.5. The van der Waals surface area contributed by atoms with Gasteiger partial charge in [0, 0.05) is 49.8 Å². The lowest BCUT2D eigenvalue weighted by atomic mass is 9.88. The molecule has 1 aromatic carbocycles. The van der Waals surface area contributed by atoms with Crippen LogP contribution < -0.4 is 11.1 Å². The Balaban J connectivity index is 1.40. The number of imide groups is 1. The Morgan fingerprint density at radius 2 is 2.13 bits per heavy atom.